The van der Waals surface area contributed by atoms with E-state index in [0.29, 0.717) is 0 Å². The number of hydrogen-bond donors (Lipinski definition) is 1. The van der Waals surface area contributed by atoms with Crippen LogP contribution in [0.4, 0.5) is 27.9 Å². The Morgan fingerprint density at radius 3 is 2.58 bits per heavy atom. The summed E-state index contributed by atoms with van der Waals surface area (Å²) >= 11 is 2.88. The number of nitrogen functional groups attached to an aromatic ring is 1. The Kier molecular flexibility index (Phi) is 3.41. The third kappa shape index (κ3) is 2.51. The fraction of sp³-hybridized carbons (Fsp3) is 0.300. The lowest BCUT2D eigenvalue weighted by atomic mass is 10.3. The number of aromatic nitrogens is 2. The molecule has 3 nitrogen and oxygen atoms in total. The molecule has 2 aromatic rings. The van der Waals surface area contributed by atoms with Gasteiger partial charge in [0.15, 0.2) is 0 Å². The summed E-state index contributed by atoms with van der Waals surface area (Å²) in [5.41, 5.74) is 5.46. The van der Waals surface area contributed by atoms with Crippen LogP contribution in [0.3, 0.4) is 0 Å². The third-order valence-corrected chi connectivity index (χ3v) is 3.12. The second kappa shape index (κ2) is 4.62. The van der Waals surface area contributed by atoms with Crippen molar-refractivity contribution in [3.05, 3.63) is 22.4 Å². The summed E-state index contributed by atoms with van der Waals surface area (Å²) in [5, 5.41) is 0. The van der Waals surface area contributed by atoms with Crippen LogP contribution in [0.1, 0.15) is 0 Å². The Balaban J connectivity index is 2.54. The number of halogens is 6. The number of rotatable bonds is 3. The number of imidazole rings is 1. The van der Waals surface area contributed by atoms with Crippen molar-refractivity contribution in [1.82, 2.24) is 9.55 Å². The van der Waals surface area contributed by atoms with E-state index >= 15 is 0 Å². The second-order valence-electron chi connectivity index (χ2n) is 3.87. The summed E-state index contributed by atoms with van der Waals surface area (Å²) in [6.45, 7) is -1.33. The van der Waals surface area contributed by atoms with Gasteiger partial charge in [-0.25, -0.2) is 18.2 Å². The minimum Gasteiger partial charge on any atom is -0.369 e. The summed E-state index contributed by atoms with van der Waals surface area (Å²) in [6.07, 6.45) is -3.83. The van der Waals surface area contributed by atoms with Gasteiger partial charge < -0.3 is 10.3 Å². The van der Waals surface area contributed by atoms with Crippen LogP contribution in [-0.2, 0) is 6.54 Å². The quantitative estimate of drug-likeness (QED) is 0.868. The van der Waals surface area contributed by atoms with Crippen molar-refractivity contribution in [3.8, 4) is 0 Å². The Bertz CT molecular complexity index is 625. The van der Waals surface area contributed by atoms with Crippen LogP contribution >= 0.6 is 15.9 Å². The molecule has 0 radical (unpaired) electrons. The summed E-state index contributed by atoms with van der Waals surface area (Å²) in [6, 6.07) is 2.14. The molecule has 0 aliphatic carbocycles. The van der Waals surface area contributed by atoms with E-state index in [4.69, 9.17) is 5.73 Å². The number of anilines is 1. The van der Waals surface area contributed by atoms with Gasteiger partial charge >= 0.3 is 12.3 Å². The molecule has 0 saturated heterocycles. The molecule has 0 aliphatic heterocycles. The molecule has 2 N–H and O–H groups in total. The van der Waals surface area contributed by atoms with Crippen molar-refractivity contribution in [2.24, 2.45) is 0 Å². The normalized spacial score (nSPS) is 12.6. The first kappa shape index (κ1) is 14.0. The Morgan fingerprint density at radius 2 is 2.00 bits per heavy atom. The van der Waals surface area contributed by atoms with Crippen molar-refractivity contribution >= 4 is 32.9 Å². The van der Waals surface area contributed by atoms with Gasteiger partial charge in [-0.1, -0.05) is 0 Å². The Labute approximate surface area is 112 Å². The Morgan fingerprint density at radius 1 is 1.37 bits per heavy atom. The molecule has 0 aliphatic rings. The molecule has 0 saturated carbocycles. The van der Waals surface area contributed by atoms with Crippen LogP contribution in [0.15, 0.2) is 16.6 Å². The maximum absolute atomic E-state index is 13.3. The van der Waals surface area contributed by atoms with Gasteiger partial charge in [0, 0.05) is 6.07 Å². The molecule has 1 aromatic carbocycles. The molecule has 0 fully saturated rings. The highest BCUT2D eigenvalue weighted by molar-refractivity contribution is 9.10. The van der Waals surface area contributed by atoms with Crippen molar-refractivity contribution in [3.63, 3.8) is 0 Å². The van der Waals surface area contributed by atoms with Gasteiger partial charge in [-0.15, -0.1) is 0 Å². The minimum absolute atomic E-state index is 0.00140. The molecular formula is C10H7BrF5N3. The smallest absolute Gasteiger partial charge is 0.324 e. The average Bonchev–Trinajstić information content (AvgIpc) is 2.56. The second-order valence-corrected chi connectivity index (χ2v) is 4.73. The molecule has 1 aromatic heterocycles. The molecular weight excluding hydrogens is 337 g/mol. The molecule has 2 rings (SSSR count). The number of hydrogen-bond acceptors (Lipinski definition) is 2. The zero-order valence-electron chi connectivity index (χ0n) is 9.18. The van der Waals surface area contributed by atoms with Crippen LogP contribution in [-0.4, -0.2) is 21.9 Å². The van der Waals surface area contributed by atoms with E-state index < -0.39 is 24.7 Å². The number of fused-ring (bicyclic) bond motifs is 1. The van der Waals surface area contributed by atoms with E-state index in [2.05, 4.69) is 20.9 Å². The van der Waals surface area contributed by atoms with Crippen LogP contribution in [0.5, 0.6) is 0 Å². The van der Waals surface area contributed by atoms with Gasteiger partial charge in [-0.2, -0.15) is 8.78 Å². The highest BCUT2D eigenvalue weighted by atomic mass is 79.9. The third-order valence-electron chi connectivity index (χ3n) is 2.51. The summed E-state index contributed by atoms with van der Waals surface area (Å²) in [7, 11) is 0. The number of nitrogens with two attached hydrogens (primary N) is 1. The molecule has 0 atom stereocenters. The van der Waals surface area contributed by atoms with Crippen LogP contribution in [0.2, 0.25) is 0 Å². The molecule has 9 heteroatoms. The van der Waals surface area contributed by atoms with E-state index in [1.54, 1.807) is 0 Å². The minimum atomic E-state index is -4.25. The number of nitrogens with zero attached hydrogens (tertiary/aromatic N) is 2. The summed E-state index contributed by atoms with van der Waals surface area (Å²) in [4.78, 5) is 3.66. The molecule has 1 heterocycles. The van der Waals surface area contributed by atoms with Gasteiger partial charge in [0.2, 0.25) is 5.95 Å². The highest BCUT2D eigenvalue weighted by Crippen LogP contribution is 2.30. The predicted molar refractivity (Wildman–Crippen MR) is 62.8 cm³/mol. The average molecular weight is 344 g/mol. The summed E-state index contributed by atoms with van der Waals surface area (Å²) < 4.78 is 64.5. The maximum Gasteiger partial charge on any atom is 0.324 e. The highest BCUT2D eigenvalue weighted by Gasteiger charge is 2.41. The van der Waals surface area contributed by atoms with Gasteiger partial charge in [-0.3, -0.25) is 0 Å². The van der Waals surface area contributed by atoms with Gasteiger partial charge in [-0.05, 0) is 22.0 Å². The first-order valence-corrected chi connectivity index (χ1v) is 5.78. The van der Waals surface area contributed by atoms with E-state index in [1.807, 2.05) is 0 Å². The standard InChI is InChI=1S/C10H7BrF5N3/c11-4-1-7-6(2-5(4)12)18-9(17)19(7)3-10(15,16)8(13)14/h1-2,8H,3H2,(H2,17,18). The van der Waals surface area contributed by atoms with Crippen molar-refractivity contribution in [2.45, 2.75) is 18.9 Å². The molecule has 0 unspecified atom stereocenters. The number of alkyl halides is 4. The van der Waals surface area contributed by atoms with Crippen LogP contribution in [0, 0.1) is 5.82 Å². The topological polar surface area (TPSA) is 43.8 Å². The van der Waals surface area contributed by atoms with E-state index in [1.165, 1.54) is 0 Å². The van der Waals surface area contributed by atoms with E-state index in [0.717, 1.165) is 16.7 Å². The first-order chi connectivity index (χ1) is 8.72. The molecule has 104 valence electrons. The lowest BCUT2D eigenvalue weighted by molar-refractivity contribution is -0.136. The SMILES string of the molecule is Nc1nc2cc(F)c(Br)cc2n1CC(F)(F)C(F)F. The summed E-state index contributed by atoms with van der Waals surface area (Å²) in [5.74, 6) is -5.28. The maximum atomic E-state index is 13.3. The first-order valence-electron chi connectivity index (χ1n) is 4.99. The predicted octanol–water partition coefficient (Wildman–Crippen LogP) is 3.42. The largest absolute Gasteiger partial charge is 0.369 e. The van der Waals surface area contributed by atoms with Gasteiger partial charge in [0.05, 0.1) is 22.1 Å². The van der Waals surface area contributed by atoms with Gasteiger partial charge in [0.25, 0.3) is 0 Å². The van der Waals surface area contributed by atoms with Crippen molar-refractivity contribution < 1.29 is 22.0 Å². The fourth-order valence-corrected chi connectivity index (χ4v) is 1.92. The zero-order chi connectivity index (χ0) is 14.4. The van der Waals surface area contributed by atoms with E-state index in [-0.39, 0.29) is 21.5 Å². The van der Waals surface area contributed by atoms with E-state index in [9.17, 15) is 22.0 Å². The number of benzene rings is 1. The zero-order valence-corrected chi connectivity index (χ0v) is 10.8. The molecule has 19 heavy (non-hydrogen) atoms. The fourth-order valence-electron chi connectivity index (χ4n) is 1.58. The van der Waals surface area contributed by atoms with Gasteiger partial charge in [0.1, 0.15) is 5.82 Å². The Hall–Kier alpha value is -1.38. The molecule has 0 amide bonds. The van der Waals surface area contributed by atoms with Crippen LogP contribution in [0.25, 0.3) is 11.0 Å². The molecule has 0 bridgehead atoms. The lowest BCUT2D eigenvalue weighted by Gasteiger charge is -2.17. The van der Waals surface area contributed by atoms with Crippen molar-refractivity contribution in [1.29, 1.82) is 0 Å². The van der Waals surface area contributed by atoms with Crippen molar-refractivity contribution in [2.75, 3.05) is 5.73 Å². The van der Waals surface area contributed by atoms with Crippen LogP contribution < -0.4 is 5.73 Å². The lowest BCUT2D eigenvalue weighted by Crippen LogP contribution is -2.32. The monoisotopic (exact) mass is 343 g/mol. The molecule has 0 spiro atoms.